The highest BCUT2D eigenvalue weighted by atomic mass is 16.1. The lowest BCUT2D eigenvalue weighted by molar-refractivity contribution is -0.118. The summed E-state index contributed by atoms with van der Waals surface area (Å²) < 4.78 is 0. The third kappa shape index (κ3) is 15.5. The largest absolute Gasteiger partial charge is 0.352 e. The molecule has 0 aliphatic rings. The number of unbranched alkanes of at least 4 members (excludes halogenated alkanes) is 11. The van der Waals surface area contributed by atoms with E-state index in [1.165, 1.54) is 70.6 Å². The Bertz CT molecular complexity index is 180. The van der Waals surface area contributed by atoms with Gasteiger partial charge in [-0.2, -0.15) is 0 Å². The molecule has 0 aromatic rings. The van der Waals surface area contributed by atoms with Gasteiger partial charge in [0.25, 0.3) is 0 Å². The van der Waals surface area contributed by atoms with Crippen LogP contribution in [0.5, 0.6) is 0 Å². The summed E-state index contributed by atoms with van der Waals surface area (Å²) in [7, 11) is 0. The highest BCUT2D eigenvalue weighted by Gasteiger charge is 1.94. The van der Waals surface area contributed by atoms with Crippen molar-refractivity contribution in [3.8, 4) is 0 Å². The van der Waals surface area contributed by atoms with Gasteiger partial charge in [0, 0.05) is 13.5 Å². The van der Waals surface area contributed by atoms with Gasteiger partial charge in [0.1, 0.15) is 0 Å². The Morgan fingerprint density at radius 2 is 1.28 bits per heavy atom. The number of carbonyl (C=O) groups is 1. The van der Waals surface area contributed by atoms with Crippen molar-refractivity contribution in [3.05, 3.63) is 6.54 Å². The molecule has 0 spiro atoms. The van der Waals surface area contributed by atoms with Gasteiger partial charge < -0.3 is 5.32 Å². The number of hydrogen-bond donors (Lipinski definition) is 1. The maximum atomic E-state index is 10.6. The fourth-order valence-electron chi connectivity index (χ4n) is 2.13. The van der Waals surface area contributed by atoms with E-state index in [9.17, 15) is 4.79 Å². The first-order chi connectivity index (χ1) is 8.77. The molecule has 0 fully saturated rings. The summed E-state index contributed by atoms with van der Waals surface area (Å²) >= 11 is 0. The van der Waals surface area contributed by atoms with E-state index >= 15 is 0 Å². The lowest BCUT2D eigenvalue weighted by Crippen LogP contribution is -2.15. The zero-order chi connectivity index (χ0) is 13.5. The Labute approximate surface area is 114 Å². The lowest BCUT2D eigenvalue weighted by atomic mass is 10.1. The topological polar surface area (TPSA) is 29.1 Å². The standard InChI is InChI=1S/C16H32NO/c1-3-4-5-6-7-8-9-10-11-12-13-14-15-17-16(2)18/h15H,3-14H2,1-2H3,(H,17,18). The third-order valence-corrected chi connectivity index (χ3v) is 3.26. The summed E-state index contributed by atoms with van der Waals surface area (Å²) in [5, 5.41) is 2.72. The molecule has 107 valence electrons. The van der Waals surface area contributed by atoms with Crippen molar-refractivity contribution in [3.63, 3.8) is 0 Å². The summed E-state index contributed by atoms with van der Waals surface area (Å²) in [4.78, 5) is 10.6. The molecular weight excluding hydrogens is 222 g/mol. The summed E-state index contributed by atoms with van der Waals surface area (Å²) in [6.07, 6.45) is 16.1. The Morgan fingerprint density at radius 3 is 1.72 bits per heavy atom. The summed E-state index contributed by atoms with van der Waals surface area (Å²) in [5.74, 6) is 0.0399. The van der Waals surface area contributed by atoms with Crippen LogP contribution in [0.2, 0.25) is 0 Å². The molecule has 0 aromatic carbocycles. The van der Waals surface area contributed by atoms with E-state index in [-0.39, 0.29) is 5.91 Å². The zero-order valence-electron chi connectivity index (χ0n) is 12.5. The van der Waals surface area contributed by atoms with Gasteiger partial charge in [0.05, 0.1) is 0 Å². The van der Waals surface area contributed by atoms with Crippen LogP contribution in [0.25, 0.3) is 0 Å². The average molecular weight is 254 g/mol. The number of rotatable bonds is 13. The molecule has 0 saturated heterocycles. The van der Waals surface area contributed by atoms with E-state index in [0.29, 0.717) is 0 Å². The first-order valence-corrected chi connectivity index (χ1v) is 7.86. The molecule has 0 aliphatic carbocycles. The van der Waals surface area contributed by atoms with Crippen molar-refractivity contribution in [2.75, 3.05) is 0 Å². The molecule has 18 heavy (non-hydrogen) atoms. The molecule has 1 radical (unpaired) electrons. The van der Waals surface area contributed by atoms with E-state index in [1.54, 1.807) is 6.92 Å². The minimum atomic E-state index is 0.0399. The highest BCUT2D eigenvalue weighted by Crippen LogP contribution is 2.11. The van der Waals surface area contributed by atoms with Gasteiger partial charge in [0.15, 0.2) is 0 Å². The van der Waals surface area contributed by atoms with Crippen LogP contribution in [0.1, 0.15) is 90.9 Å². The zero-order valence-corrected chi connectivity index (χ0v) is 12.5. The van der Waals surface area contributed by atoms with Crippen LogP contribution in [0.15, 0.2) is 0 Å². The molecule has 0 saturated carbocycles. The van der Waals surface area contributed by atoms with Crippen molar-refractivity contribution in [2.24, 2.45) is 0 Å². The lowest BCUT2D eigenvalue weighted by Gasteiger charge is -2.03. The van der Waals surface area contributed by atoms with Gasteiger partial charge >= 0.3 is 0 Å². The molecule has 0 aliphatic heterocycles. The Hall–Kier alpha value is -0.530. The van der Waals surface area contributed by atoms with Crippen molar-refractivity contribution >= 4 is 5.91 Å². The molecule has 1 N–H and O–H groups in total. The van der Waals surface area contributed by atoms with Crippen molar-refractivity contribution in [2.45, 2.75) is 90.9 Å². The van der Waals surface area contributed by atoms with E-state index in [4.69, 9.17) is 0 Å². The molecule has 0 rings (SSSR count). The molecule has 2 nitrogen and oxygen atoms in total. The van der Waals surface area contributed by atoms with Crippen LogP contribution in [0.4, 0.5) is 0 Å². The van der Waals surface area contributed by atoms with Gasteiger partial charge in [-0.3, -0.25) is 4.79 Å². The van der Waals surface area contributed by atoms with Gasteiger partial charge in [0.2, 0.25) is 5.91 Å². The monoisotopic (exact) mass is 254 g/mol. The molecule has 0 atom stereocenters. The Balaban J connectivity index is 2.92. The molecule has 1 amide bonds. The van der Waals surface area contributed by atoms with E-state index < -0.39 is 0 Å². The summed E-state index contributed by atoms with van der Waals surface area (Å²) in [6, 6.07) is 0. The minimum absolute atomic E-state index is 0.0399. The Morgan fingerprint density at radius 1 is 0.833 bits per heavy atom. The molecule has 0 bridgehead atoms. The van der Waals surface area contributed by atoms with Crippen LogP contribution in [0, 0.1) is 6.54 Å². The van der Waals surface area contributed by atoms with E-state index in [2.05, 4.69) is 12.2 Å². The fourth-order valence-corrected chi connectivity index (χ4v) is 2.13. The SMILES string of the molecule is CCCCCCCCCCCCC[CH]NC(C)=O. The molecule has 0 aromatic heterocycles. The van der Waals surface area contributed by atoms with Gasteiger partial charge in [-0.25, -0.2) is 0 Å². The molecule has 0 unspecified atom stereocenters. The van der Waals surface area contributed by atoms with E-state index in [0.717, 1.165) is 6.42 Å². The van der Waals surface area contributed by atoms with Crippen molar-refractivity contribution in [1.29, 1.82) is 0 Å². The minimum Gasteiger partial charge on any atom is -0.352 e. The summed E-state index contributed by atoms with van der Waals surface area (Å²) in [6.45, 7) is 5.70. The predicted octanol–water partition coefficient (Wildman–Crippen LogP) is 4.99. The number of carbonyl (C=O) groups excluding carboxylic acids is 1. The van der Waals surface area contributed by atoms with Crippen LogP contribution < -0.4 is 5.32 Å². The van der Waals surface area contributed by atoms with Crippen LogP contribution in [-0.2, 0) is 4.79 Å². The second-order valence-corrected chi connectivity index (χ2v) is 5.23. The van der Waals surface area contributed by atoms with Crippen molar-refractivity contribution < 1.29 is 4.79 Å². The third-order valence-electron chi connectivity index (χ3n) is 3.26. The second-order valence-electron chi connectivity index (χ2n) is 5.23. The normalized spacial score (nSPS) is 10.6. The smallest absolute Gasteiger partial charge is 0.217 e. The van der Waals surface area contributed by atoms with Crippen molar-refractivity contribution in [1.82, 2.24) is 5.32 Å². The van der Waals surface area contributed by atoms with Crippen LogP contribution in [-0.4, -0.2) is 5.91 Å². The first kappa shape index (κ1) is 17.5. The maximum Gasteiger partial charge on any atom is 0.217 e. The molecular formula is C16H32NO. The quantitative estimate of drug-likeness (QED) is 0.461. The van der Waals surface area contributed by atoms with Crippen LogP contribution in [0.3, 0.4) is 0 Å². The summed E-state index contributed by atoms with van der Waals surface area (Å²) in [5.41, 5.74) is 0. The number of hydrogen-bond acceptors (Lipinski definition) is 1. The first-order valence-electron chi connectivity index (χ1n) is 7.86. The van der Waals surface area contributed by atoms with Gasteiger partial charge in [-0.15, -0.1) is 0 Å². The highest BCUT2D eigenvalue weighted by molar-refractivity contribution is 5.73. The predicted molar refractivity (Wildman–Crippen MR) is 79.2 cm³/mol. The fraction of sp³-hybridized carbons (Fsp3) is 0.875. The number of amides is 1. The Kier molecular flexibility index (Phi) is 14.1. The molecule has 2 heteroatoms. The second kappa shape index (κ2) is 14.5. The van der Waals surface area contributed by atoms with Gasteiger partial charge in [-0.05, 0) is 6.42 Å². The van der Waals surface area contributed by atoms with E-state index in [1.807, 2.05) is 6.54 Å². The van der Waals surface area contributed by atoms with Crippen LogP contribution >= 0.6 is 0 Å². The average Bonchev–Trinajstić information content (AvgIpc) is 2.34. The number of nitrogens with one attached hydrogen (secondary N) is 1. The molecule has 0 heterocycles. The van der Waals surface area contributed by atoms with Gasteiger partial charge in [-0.1, -0.05) is 77.6 Å². The maximum absolute atomic E-state index is 10.6.